The van der Waals surface area contributed by atoms with Crippen molar-refractivity contribution in [3.05, 3.63) is 48.5 Å². The Kier molecular flexibility index (Phi) is 2.85. The zero-order chi connectivity index (χ0) is 9.97. The Hall–Kier alpha value is -0.860. The van der Waals surface area contributed by atoms with E-state index in [0.29, 0.717) is 0 Å². The number of hydrogen-bond donors (Lipinski definition) is 2. The van der Waals surface area contributed by atoms with Crippen molar-refractivity contribution in [2.45, 2.75) is 9.79 Å². The van der Waals surface area contributed by atoms with Crippen LogP contribution in [0.1, 0.15) is 0 Å². The molecule has 0 N–H and O–H groups in total. The van der Waals surface area contributed by atoms with E-state index in [1.165, 1.54) is 5.56 Å². The van der Waals surface area contributed by atoms with E-state index in [2.05, 4.69) is 37.4 Å². The highest BCUT2D eigenvalue weighted by atomic mass is 32.1. The maximum absolute atomic E-state index is 4.33. The standard InChI is InChI=1S/C12H10S2/c13-11-6-10(7-12(14)8-11)9-4-2-1-3-5-9/h1-8,13-14H. The quantitative estimate of drug-likeness (QED) is 0.666. The smallest absolute Gasteiger partial charge is 0.00572 e. The van der Waals surface area contributed by atoms with E-state index in [9.17, 15) is 0 Å². The van der Waals surface area contributed by atoms with Gasteiger partial charge >= 0.3 is 0 Å². The van der Waals surface area contributed by atoms with Crippen molar-refractivity contribution >= 4 is 25.3 Å². The molecule has 2 rings (SSSR count). The van der Waals surface area contributed by atoms with E-state index in [1.807, 2.05) is 36.4 Å². The highest BCUT2D eigenvalue weighted by Gasteiger charge is 1.98. The molecule has 0 radical (unpaired) electrons. The number of thiol groups is 2. The van der Waals surface area contributed by atoms with Gasteiger partial charge in [0, 0.05) is 9.79 Å². The van der Waals surface area contributed by atoms with E-state index in [-0.39, 0.29) is 0 Å². The summed E-state index contributed by atoms with van der Waals surface area (Å²) in [6.45, 7) is 0. The third kappa shape index (κ3) is 2.14. The van der Waals surface area contributed by atoms with Gasteiger partial charge in [0.15, 0.2) is 0 Å². The lowest BCUT2D eigenvalue weighted by Gasteiger charge is -2.03. The van der Waals surface area contributed by atoms with Crippen molar-refractivity contribution in [2.24, 2.45) is 0 Å². The normalized spacial score (nSPS) is 10.1. The van der Waals surface area contributed by atoms with Crippen molar-refractivity contribution in [1.29, 1.82) is 0 Å². The monoisotopic (exact) mass is 218 g/mol. The molecule has 0 bridgehead atoms. The third-order valence-corrected chi connectivity index (χ3v) is 2.53. The first kappa shape index (κ1) is 9.69. The second kappa shape index (κ2) is 4.11. The maximum Gasteiger partial charge on any atom is 0.00572 e. The zero-order valence-electron chi connectivity index (χ0n) is 7.51. The van der Waals surface area contributed by atoms with Gasteiger partial charge in [-0.15, -0.1) is 25.3 Å². The number of hydrogen-bond acceptors (Lipinski definition) is 2. The molecular weight excluding hydrogens is 208 g/mol. The van der Waals surface area contributed by atoms with Gasteiger partial charge in [-0.05, 0) is 29.3 Å². The average Bonchev–Trinajstić information content (AvgIpc) is 2.18. The Morgan fingerprint density at radius 3 is 1.79 bits per heavy atom. The van der Waals surface area contributed by atoms with Crippen molar-refractivity contribution in [1.82, 2.24) is 0 Å². The molecule has 0 aromatic heterocycles. The van der Waals surface area contributed by atoms with Gasteiger partial charge in [0.2, 0.25) is 0 Å². The Bertz CT molecular complexity index is 415. The molecule has 14 heavy (non-hydrogen) atoms. The topological polar surface area (TPSA) is 0 Å². The van der Waals surface area contributed by atoms with Gasteiger partial charge in [-0.25, -0.2) is 0 Å². The first-order valence-corrected chi connectivity index (χ1v) is 5.23. The average molecular weight is 218 g/mol. The van der Waals surface area contributed by atoms with Crippen LogP contribution in [0.25, 0.3) is 11.1 Å². The Balaban J connectivity index is 2.52. The zero-order valence-corrected chi connectivity index (χ0v) is 9.30. The summed E-state index contributed by atoms with van der Waals surface area (Å²) in [6.07, 6.45) is 0. The van der Waals surface area contributed by atoms with Crippen LogP contribution in [-0.2, 0) is 0 Å². The fourth-order valence-electron chi connectivity index (χ4n) is 1.39. The molecule has 2 aromatic rings. The third-order valence-electron chi connectivity index (χ3n) is 2.01. The summed E-state index contributed by atoms with van der Waals surface area (Å²) in [5.41, 5.74) is 2.35. The first-order chi connectivity index (χ1) is 6.75. The van der Waals surface area contributed by atoms with E-state index >= 15 is 0 Å². The molecule has 0 aliphatic carbocycles. The molecule has 0 saturated carbocycles. The minimum atomic E-state index is 0.941. The minimum Gasteiger partial charge on any atom is -0.143 e. The summed E-state index contributed by atoms with van der Waals surface area (Å²) in [4.78, 5) is 1.88. The minimum absolute atomic E-state index is 0.941. The summed E-state index contributed by atoms with van der Waals surface area (Å²) < 4.78 is 0. The van der Waals surface area contributed by atoms with Gasteiger partial charge in [0.1, 0.15) is 0 Å². The van der Waals surface area contributed by atoms with E-state index in [0.717, 1.165) is 15.4 Å². The molecule has 0 heterocycles. The SMILES string of the molecule is Sc1cc(S)cc(-c2ccccc2)c1. The second-order valence-corrected chi connectivity index (χ2v) is 4.14. The molecule has 0 spiro atoms. The van der Waals surface area contributed by atoms with Gasteiger partial charge < -0.3 is 0 Å². The van der Waals surface area contributed by atoms with Gasteiger partial charge in [-0.2, -0.15) is 0 Å². The Labute approximate surface area is 94.8 Å². The van der Waals surface area contributed by atoms with Crippen LogP contribution in [0.4, 0.5) is 0 Å². The maximum atomic E-state index is 4.33. The van der Waals surface area contributed by atoms with Crippen LogP contribution in [0.3, 0.4) is 0 Å². The molecule has 0 fully saturated rings. The molecule has 0 nitrogen and oxygen atoms in total. The summed E-state index contributed by atoms with van der Waals surface area (Å²) in [6, 6.07) is 16.2. The highest BCUT2D eigenvalue weighted by molar-refractivity contribution is 7.81. The molecule has 70 valence electrons. The summed E-state index contributed by atoms with van der Waals surface area (Å²) in [5.74, 6) is 0. The fraction of sp³-hybridized carbons (Fsp3) is 0. The lowest BCUT2D eigenvalue weighted by molar-refractivity contribution is 1.35. The summed E-state index contributed by atoms with van der Waals surface area (Å²) in [7, 11) is 0. The van der Waals surface area contributed by atoms with Crippen LogP contribution in [0.5, 0.6) is 0 Å². The van der Waals surface area contributed by atoms with Gasteiger partial charge in [0.25, 0.3) is 0 Å². The molecule has 2 aromatic carbocycles. The van der Waals surface area contributed by atoms with Crippen molar-refractivity contribution < 1.29 is 0 Å². The Morgan fingerprint density at radius 2 is 1.21 bits per heavy atom. The van der Waals surface area contributed by atoms with Crippen LogP contribution in [0, 0.1) is 0 Å². The van der Waals surface area contributed by atoms with Crippen molar-refractivity contribution in [3.63, 3.8) is 0 Å². The molecule has 0 aliphatic rings. The van der Waals surface area contributed by atoms with Crippen LogP contribution in [0.2, 0.25) is 0 Å². The molecule has 0 aliphatic heterocycles. The van der Waals surface area contributed by atoms with Gasteiger partial charge in [-0.3, -0.25) is 0 Å². The summed E-state index contributed by atoms with van der Waals surface area (Å²) >= 11 is 8.65. The van der Waals surface area contributed by atoms with E-state index < -0.39 is 0 Å². The lowest BCUT2D eigenvalue weighted by atomic mass is 10.1. The van der Waals surface area contributed by atoms with Crippen LogP contribution >= 0.6 is 25.3 Å². The van der Waals surface area contributed by atoms with Crippen molar-refractivity contribution in [3.8, 4) is 11.1 Å². The molecule has 0 atom stereocenters. The number of rotatable bonds is 1. The Morgan fingerprint density at radius 1 is 0.643 bits per heavy atom. The molecule has 2 heteroatoms. The van der Waals surface area contributed by atoms with Crippen LogP contribution in [0.15, 0.2) is 58.3 Å². The van der Waals surface area contributed by atoms with E-state index in [4.69, 9.17) is 0 Å². The van der Waals surface area contributed by atoms with Gasteiger partial charge in [-0.1, -0.05) is 30.3 Å². The molecule has 0 amide bonds. The summed E-state index contributed by atoms with van der Waals surface area (Å²) in [5, 5.41) is 0. The second-order valence-electron chi connectivity index (χ2n) is 3.10. The highest BCUT2D eigenvalue weighted by Crippen LogP contribution is 2.25. The predicted octanol–water partition coefficient (Wildman–Crippen LogP) is 3.93. The number of benzene rings is 2. The predicted molar refractivity (Wildman–Crippen MR) is 66.4 cm³/mol. The molecule has 0 saturated heterocycles. The largest absolute Gasteiger partial charge is 0.143 e. The van der Waals surface area contributed by atoms with Gasteiger partial charge in [0.05, 0.1) is 0 Å². The first-order valence-electron chi connectivity index (χ1n) is 4.34. The van der Waals surface area contributed by atoms with E-state index in [1.54, 1.807) is 0 Å². The molecular formula is C12H10S2. The fourth-order valence-corrected chi connectivity index (χ4v) is 2.05. The molecule has 0 unspecified atom stereocenters. The van der Waals surface area contributed by atoms with Crippen LogP contribution < -0.4 is 0 Å². The van der Waals surface area contributed by atoms with Crippen LogP contribution in [-0.4, -0.2) is 0 Å². The van der Waals surface area contributed by atoms with Crippen molar-refractivity contribution in [2.75, 3.05) is 0 Å². The lowest BCUT2D eigenvalue weighted by Crippen LogP contribution is -1.78.